The van der Waals surface area contributed by atoms with Gasteiger partial charge in [-0.15, -0.1) is 0 Å². The van der Waals surface area contributed by atoms with E-state index in [1.165, 1.54) is 0 Å². The highest BCUT2D eigenvalue weighted by Gasteiger charge is 2.73. The Labute approximate surface area is 115 Å². The van der Waals surface area contributed by atoms with Crippen LogP contribution < -0.4 is 5.73 Å². The summed E-state index contributed by atoms with van der Waals surface area (Å²) in [5.74, 6) is 0.225. The molecule has 0 aliphatic heterocycles. The van der Waals surface area contributed by atoms with E-state index >= 15 is 0 Å². The van der Waals surface area contributed by atoms with Gasteiger partial charge in [0.15, 0.2) is 0 Å². The first kappa shape index (κ1) is 14.1. The molecule has 3 heteroatoms. The average molecular weight is 261 g/mol. The van der Waals surface area contributed by atoms with Gasteiger partial charge in [-0.2, -0.15) is 0 Å². The van der Waals surface area contributed by atoms with Crippen molar-refractivity contribution in [2.24, 2.45) is 17.1 Å². The molecular weight excluding hydrogens is 238 g/mol. The molecule has 2 rings (SSSR count). The molecule has 1 fully saturated rings. The molecule has 104 valence electrons. The minimum Gasteiger partial charge on any atom is -0.465 e. The zero-order valence-electron chi connectivity index (χ0n) is 12.0. The molecule has 0 saturated heterocycles. The van der Waals surface area contributed by atoms with E-state index in [1.54, 1.807) is 0 Å². The summed E-state index contributed by atoms with van der Waals surface area (Å²) in [4.78, 5) is 12.5. The van der Waals surface area contributed by atoms with Crippen molar-refractivity contribution in [2.45, 2.75) is 32.6 Å². The molecule has 1 aromatic rings. The summed E-state index contributed by atoms with van der Waals surface area (Å²) in [5.41, 5.74) is 6.33. The summed E-state index contributed by atoms with van der Waals surface area (Å²) in [6.45, 7) is 7.04. The minimum absolute atomic E-state index is 0.125. The third-order valence-electron chi connectivity index (χ3n) is 4.67. The number of ether oxygens (including phenoxy) is 1. The van der Waals surface area contributed by atoms with Gasteiger partial charge in [0.2, 0.25) is 0 Å². The molecule has 3 nitrogen and oxygen atoms in total. The number of esters is 1. The zero-order valence-corrected chi connectivity index (χ0v) is 12.0. The number of nitrogens with two attached hydrogens (primary N) is 1. The number of carbonyl (C=O) groups is 1. The van der Waals surface area contributed by atoms with Gasteiger partial charge in [0.1, 0.15) is 5.41 Å². The quantitative estimate of drug-likeness (QED) is 0.828. The molecule has 1 saturated carbocycles. The highest BCUT2D eigenvalue weighted by atomic mass is 16.5. The van der Waals surface area contributed by atoms with Crippen molar-refractivity contribution >= 4 is 5.97 Å². The maximum atomic E-state index is 12.5. The summed E-state index contributed by atoms with van der Waals surface area (Å²) in [6.07, 6.45) is 0.789. The lowest BCUT2D eigenvalue weighted by Crippen LogP contribution is -2.37. The molecule has 0 aromatic heterocycles. The van der Waals surface area contributed by atoms with E-state index in [1.807, 2.05) is 37.3 Å². The smallest absolute Gasteiger partial charge is 0.317 e. The molecule has 2 atom stereocenters. The van der Waals surface area contributed by atoms with E-state index in [-0.39, 0.29) is 11.4 Å². The van der Waals surface area contributed by atoms with Crippen molar-refractivity contribution in [3.63, 3.8) is 0 Å². The van der Waals surface area contributed by atoms with Gasteiger partial charge in [-0.1, -0.05) is 44.2 Å². The standard InChI is InChI=1S/C16H23NO2/c1-4-19-14(18)16(13-8-6-5-7-9-13)10-15(16,11-17)12(2)3/h5-9,12H,4,10-11,17H2,1-3H3. The Morgan fingerprint density at radius 3 is 2.42 bits per heavy atom. The van der Waals surface area contributed by atoms with Crippen LogP contribution in [0, 0.1) is 11.3 Å². The fraction of sp³-hybridized carbons (Fsp3) is 0.562. The Balaban J connectivity index is 2.46. The van der Waals surface area contributed by atoms with Gasteiger partial charge >= 0.3 is 5.97 Å². The highest BCUT2D eigenvalue weighted by molar-refractivity contribution is 5.89. The zero-order chi connectivity index (χ0) is 14.1. The van der Waals surface area contributed by atoms with Gasteiger partial charge in [-0.05, 0) is 31.4 Å². The Morgan fingerprint density at radius 2 is 2.00 bits per heavy atom. The molecule has 0 bridgehead atoms. The van der Waals surface area contributed by atoms with Crippen molar-refractivity contribution in [3.8, 4) is 0 Å². The largest absolute Gasteiger partial charge is 0.465 e. The summed E-state index contributed by atoms with van der Waals surface area (Å²) in [5, 5.41) is 0. The second kappa shape index (κ2) is 4.97. The second-order valence-corrected chi connectivity index (χ2v) is 5.68. The van der Waals surface area contributed by atoms with Crippen LogP contribution in [0.5, 0.6) is 0 Å². The average Bonchev–Trinajstić information content (AvgIpc) is 3.12. The number of hydrogen-bond acceptors (Lipinski definition) is 3. The van der Waals surface area contributed by atoms with Crippen LogP contribution in [0.4, 0.5) is 0 Å². The lowest BCUT2D eigenvalue weighted by molar-refractivity contribution is -0.147. The van der Waals surface area contributed by atoms with Crippen LogP contribution in [0.15, 0.2) is 30.3 Å². The van der Waals surface area contributed by atoms with Crippen LogP contribution in [0.25, 0.3) is 0 Å². The Hall–Kier alpha value is -1.35. The molecule has 19 heavy (non-hydrogen) atoms. The highest BCUT2D eigenvalue weighted by Crippen LogP contribution is 2.68. The van der Waals surface area contributed by atoms with Crippen molar-refractivity contribution in [3.05, 3.63) is 35.9 Å². The molecule has 1 aliphatic rings. The van der Waals surface area contributed by atoms with Crippen LogP contribution in [0.3, 0.4) is 0 Å². The van der Waals surface area contributed by atoms with E-state index in [0.29, 0.717) is 19.1 Å². The van der Waals surface area contributed by atoms with Gasteiger partial charge in [0.25, 0.3) is 0 Å². The first-order valence-electron chi connectivity index (χ1n) is 6.98. The van der Waals surface area contributed by atoms with Crippen LogP contribution in [0.2, 0.25) is 0 Å². The number of carbonyl (C=O) groups excluding carboxylic acids is 1. The van der Waals surface area contributed by atoms with E-state index in [2.05, 4.69) is 13.8 Å². The van der Waals surface area contributed by atoms with Crippen LogP contribution in [-0.4, -0.2) is 19.1 Å². The van der Waals surface area contributed by atoms with Gasteiger partial charge in [-0.25, -0.2) is 0 Å². The van der Waals surface area contributed by atoms with E-state index < -0.39 is 5.41 Å². The Morgan fingerprint density at radius 1 is 1.37 bits per heavy atom. The monoisotopic (exact) mass is 261 g/mol. The van der Waals surface area contributed by atoms with Crippen molar-refractivity contribution < 1.29 is 9.53 Å². The first-order chi connectivity index (χ1) is 9.05. The normalized spacial score (nSPS) is 29.3. The molecular formula is C16H23NO2. The van der Waals surface area contributed by atoms with Gasteiger partial charge in [0, 0.05) is 5.41 Å². The molecule has 2 N–H and O–H groups in total. The van der Waals surface area contributed by atoms with E-state index in [4.69, 9.17) is 10.5 Å². The van der Waals surface area contributed by atoms with Crippen molar-refractivity contribution in [2.75, 3.05) is 13.2 Å². The SMILES string of the molecule is CCOC(=O)C1(c2ccccc2)CC1(CN)C(C)C. The number of rotatable bonds is 5. The fourth-order valence-electron chi connectivity index (χ4n) is 3.37. The predicted molar refractivity (Wildman–Crippen MR) is 75.7 cm³/mol. The second-order valence-electron chi connectivity index (χ2n) is 5.68. The molecule has 0 heterocycles. The molecule has 1 aliphatic carbocycles. The Bertz CT molecular complexity index is 457. The number of benzene rings is 1. The van der Waals surface area contributed by atoms with Gasteiger partial charge in [0.05, 0.1) is 6.61 Å². The first-order valence-corrected chi connectivity index (χ1v) is 6.98. The van der Waals surface area contributed by atoms with Gasteiger partial charge in [-0.3, -0.25) is 4.79 Å². The molecule has 2 unspecified atom stereocenters. The number of hydrogen-bond donors (Lipinski definition) is 1. The van der Waals surface area contributed by atoms with Gasteiger partial charge < -0.3 is 10.5 Å². The van der Waals surface area contributed by atoms with Crippen LogP contribution >= 0.6 is 0 Å². The molecule has 0 radical (unpaired) electrons. The summed E-state index contributed by atoms with van der Waals surface area (Å²) in [7, 11) is 0. The van der Waals surface area contributed by atoms with Crippen LogP contribution in [0.1, 0.15) is 32.8 Å². The third kappa shape index (κ3) is 1.88. The van der Waals surface area contributed by atoms with E-state index in [9.17, 15) is 4.79 Å². The summed E-state index contributed by atoms with van der Waals surface area (Å²) < 4.78 is 5.34. The maximum absolute atomic E-state index is 12.5. The van der Waals surface area contributed by atoms with Crippen molar-refractivity contribution in [1.29, 1.82) is 0 Å². The maximum Gasteiger partial charge on any atom is 0.317 e. The lowest BCUT2D eigenvalue weighted by atomic mass is 9.79. The van der Waals surface area contributed by atoms with Crippen molar-refractivity contribution in [1.82, 2.24) is 0 Å². The van der Waals surface area contributed by atoms with Crippen LogP contribution in [-0.2, 0) is 14.9 Å². The lowest BCUT2D eigenvalue weighted by Gasteiger charge is -2.27. The third-order valence-corrected chi connectivity index (χ3v) is 4.67. The van der Waals surface area contributed by atoms with E-state index in [0.717, 1.165) is 12.0 Å². The molecule has 0 amide bonds. The molecule has 0 spiro atoms. The fourth-order valence-corrected chi connectivity index (χ4v) is 3.37. The summed E-state index contributed by atoms with van der Waals surface area (Å²) in [6, 6.07) is 9.92. The predicted octanol–water partition coefficient (Wildman–Crippen LogP) is 2.49. The topological polar surface area (TPSA) is 52.3 Å². The molecule has 1 aromatic carbocycles. The minimum atomic E-state index is -0.548. The summed E-state index contributed by atoms with van der Waals surface area (Å²) >= 11 is 0. The Kier molecular flexibility index (Phi) is 3.68.